The van der Waals surface area contributed by atoms with Gasteiger partial charge in [0.25, 0.3) is 0 Å². The van der Waals surface area contributed by atoms with Crippen molar-refractivity contribution in [1.29, 1.82) is 0 Å². The Kier molecular flexibility index (Phi) is 19.3. The Balaban J connectivity index is 2.37. The van der Waals surface area contributed by atoms with Crippen molar-refractivity contribution in [1.82, 2.24) is 0 Å². The normalized spacial score (nSPS) is 12.8. The zero-order chi connectivity index (χ0) is 25.6. The lowest BCUT2D eigenvalue weighted by Gasteiger charge is -2.19. The monoisotopic (exact) mass is 516 g/mol. The highest BCUT2D eigenvalue weighted by Crippen LogP contribution is 2.19. The van der Waals surface area contributed by atoms with E-state index in [9.17, 15) is 8.42 Å². The molecule has 1 aromatic rings. The Morgan fingerprint density at radius 3 is 1.80 bits per heavy atom. The maximum atomic E-state index is 13.2. The molecule has 1 rings (SSSR count). The van der Waals surface area contributed by atoms with Gasteiger partial charge < -0.3 is 24.1 Å². The zero-order valence-corrected chi connectivity index (χ0v) is 22.7. The number of ether oxygens (including phenoxy) is 4. The summed E-state index contributed by atoms with van der Waals surface area (Å²) < 4.78 is 48.3. The average Bonchev–Trinajstić information content (AvgIpc) is 2.85. The van der Waals surface area contributed by atoms with E-state index in [0.717, 1.165) is 24.8 Å². The van der Waals surface area contributed by atoms with Crippen molar-refractivity contribution in [3.05, 3.63) is 29.8 Å². The molecule has 8 heteroatoms. The molecule has 1 unspecified atom stereocenters. The molecule has 7 nitrogen and oxygen atoms in total. The summed E-state index contributed by atoms with van der Waals surface area (Å²) in [4.78, 5) is 0.247. The van der Waals surface area contributed by atoms with Crippen molar-refractivity contribution in [2.45, 2.75) is 88.4 Å². The predicted molar refractivity (Wildman–Crippen MR) is 139 cm³/mol. The number of rotatable bonds is 24. The van der Waals surface area contributed by atoms with E-state index in [1.165, 1.54) is 44.9 Å². The highest BCUT2D eigenvalue weighted by atomic mass is 32.2. The average molecular weight is 517 g/mol. The van der Waals surface area contributed by atoms with Crippen LogP contribution in [0.15, 0.2) is 29.2 Å². The minimum absolute atomic E-state index is 0.0148. The number of hydrogen-bond acceptors (Lipinski definition) is 7. The second kappa shape index (κ2) is 21.1. The number of sulfone groups is 1. The standard InChI is InChI=1S/C27H48O7S/c1-3-4-5-6-7-8-9-10-11-12-18-34-27(24-33-23-22-32-21-20-31-19-17-28)35(29,30)26-15-13-25(2)14-16-26/h13-16,27-28H,3-12,17-24H2,1-2H3. The Bertz CT molecular complexity index is 707. The lowest BCUT2D eigenvalue weighted by atomic mass is 10.1. The Labute approximate surface area is 213 Å². The molecule has 35 heavy (non-hydrogen) atoms. The van der Waals surface area contributed by atoms with Crippen LogP contribution in [-0.4, -0.2) is 71.8 Å². The van der Waals surface area contributed by atoms with E-state index in [0.29, 0.717) is 26.4 Å². The lowest BCUT2D eigenvalue weighted by Crippen LogP contribution is -2.31. The van der Waals surface area contributed by atoms with Crippen molar-refractivity contribution >= 4 is 9.84 Å². The van der Waals surface area contributed by atoms with Crippen molar-refractivity contribution < 1.29 is 32.5 Å². The molecule has 0 amide bonds. The molecule has 0 saturated heterocycles. The summed E-state index contributed by atoms with van der Waals surface area (Å²) in [6.07, 6.45) is 12.1. The third-order valence-electron chi connectivity index (χ3n) is 5.73. The van der Waals surface area contributed by atoms with Crippen LogP contribution in [-0.2, 0) is 28.8 Å². The van der Waals surface area contributed by atoms with Gasteiger partial charge in [-0.15, -0.1) is 0 Å². The fourth-order valence-corrected chi connectivity index (χ4v) is 4.96. The highest BCUT2D eigenvalue weighted by Gasteiger charge is 2.28. The van der Waals surface area contributed by atoms with Crippen molar-refractivity contribution in [3.8, 4) is 0 Å². The van der Waals surface area contributed by atoms with Crippen LogP contribution in [0.2, 0.25) is 0 Å². The van der Waals surface area contributed by atoms with E-state index in [4.69, 9.17) is 24.1 Å². The van der Waals surface area contributed by atoms with Crippen molar-refractivity contribution in [2.24, 2.45) is 0 Å². The van der Waals surface area contributed by atoms with Gasteiger partial charge in [-0.1, -0.05) is 82.4 Å². The van der Waals surface area contributed by atoms with E-state index >= 15 is 0 Å². The molecule has 0 saturated carbocycles. The van der Waals surface area contributed by atoms with E-state index in [2.05, 4.69) is 6.92 Å². The minimum Gasteiger partial charge on any atom is -0.394 e. The van der Waals surface area contributed by atoms with Gasteiger partial charge in [0.15, 0.2) is 5.44 Å². The van der Waals surface area contributed by atoms with E-state index in [1.807, 2.05) is 6.92 Å². The van der Waals surface area contributed by atoms with Crippen LogP contribution in [0.1, 0.15) is 76.7 Å². The Morgan fingerprint density at radius 2 is 1.23 bits per heavy atom. The molecule has 1 aromatic carbocycles. The number of aliphatic hydroxyl groups is 1. The zero-order valence-electron chi connectivity index (χ0n) is 21.9. The molecule has 0 aliphatic carbocycles. The maximum Gasteiger partial charge on any atom is 0.207 e. The first kappa shape index (κ1) is 32.0. The Hall–Kier alpha value is -1.03. The predicted octanol–water partition coefficient (Wildman–Crippen LogP) is 5.07. The van der Waals surface area contributed by atoms with Crippen LogP contribution in [0.3, 0.4) is 0 Å². The molecule has 0 aromatic heterocycles. The van der Waals surface area contributed by atoms with Crippen molar-refractivity contribution in [3.63, 3.8) is 0 Å². The summed E-state index contributed by atoms with van der Waals surface area (Å²) in [6, 6.07) is 6.83. The third-order valence-corrected chi connectivity index (χ3v) is 7.62. The summed E-state index contributed by atoms with van der Waals surface area (Å²) in [7, 11) is -3.67. The largest absolute Gasteiger partial charge is 0.394 e. The highest BCUT2D eigenvalue weighted by molar-refractivity contribution is 7.92. The molecule has 0 aliphatic heterocycles. The number of benzene rings is 1. The second-order valence-electron chi connectivity index (χ2n) is 8.86. The molecule has 0 bridgehead atoms. The Morgan fingerprint density at radius 1 is 0.714 bits per heavy atom. The van der Waals surface area contributed by atoms with Crippen LogP contribution in [0, 0.1) is 6.92 Å². The summed E-state index contributed by atoms with van der Waals surface area (Å²) in [5, 5.41) is 8.66. The topological polar surface area (TPSA) is 91.3 Å². The summed E-state index contributed by atoms with van der Waals surface area (Å²) in [6.45, 7) is 6.17. The van der Waals surface area contributed by atoms with E-state index < -0.39 is 15.3 Å². The molecule has 1 atom stereocenters. The fraction of sp³-hybridized carbons (Fsp3) is 0.778. The van der Waals surface area contributed by atoms with Crippen LogP contribution in [0.4, 0.5) is 0 Å². The molecule has 0 fully saturated rings. The lowest BCUT2D eigenvalue weighted by molar-refractivity contribution is -0.0146. The van der Waals surface area contributed by atoms with Crippen LogP contribution in [0.25, 0.3) is 0 Å². The molecule has 0 spiro atoms. The maximum absolute atomic E-state index is 13.2. The molecular formula is C27H48O7S. The first-order valence-corrected chi connectivity index (χ1v) is 14.8. The smallest absolute Gasteiger partial charge is 0.207 e. The molecule has 0 heterocycles. The third kappa shape index (κ3) is 15.6. The van der Waals surface area contributed by atoms with Crippen molar-refractivity contribution in [2.75, 3.05) is 52.9 Å². The summed E-state index contributed by atoms with van der Waals surface area (Å²) in [5.74, 6) is 0. The first-order chi connectivity index (χ1) is 17.0. The van der Waals surface area contributed by atoms with E-state index in [1.54, 1.807) is 24.3 Å². The van der Waals surface area contributed by atoms with Gasteiger partial charge in [-0.25, -0.2) is 8.42 Å². The van der Waals surface area contributed by atoms with Gasteiger partial charge in [-0.3, -0.25) is 0 Å². The minimum atomic E-state index is -3.67. The first-order valence-electron chi connectivity index (χ1n) is 13.3. The van der Waals surface area contributed by atoms with Gasteiger partial charge in [0.1, 0.15) is 0 Å². The summed E-state index contributed by atoms with van der Waals surface area (Å²) in [5.41, 5.74) is -0.0418. The molecule has 204 valence electrons. The fourth-order valence-electron chi connectivity index (χ4n) is 3.60. The number of aryl methyl sites for hydroxylation is 1. The van der Waals surface area contributed by atoms with Crippen LogP contribution in [0.5, 0.6) is 0 Å². The molecule has 1 N–H and O–H groups in total. The quantitative estimate of drug-likeness (QED) is 0.192. The molecular weight excluding hydrogens is 468 g/mol. The van der Waals surface area contributed by atoms with Gasteiger partial charge in [0.05, 0.1) is 51.1 Å². The summed E-state index contributed by atoms with van der Waals surface area (Å²) >= 11 is 0. The SMILES string of the molecule is CCCCCCCCCCCCOC(COCCOCCOCCO)S(=O)(=O)c1ccc(C)cc1. The van der Waals surface area contributed by atoms with Gasteiger partial charge in [-0.2, -0.15) is 0 Å². The van der Waals surface area contributed by atoms with Gasteiger partial charge in [-0.05, 0) is 25.5 Å². The van der Waals surface area contributed by atoms with Gasteiger partial charge >= 0.3 is 0 Å². The van der Waals surface area contributed by atoms with E-state index in [-0.39, 0.29) is 31.3 Å². The molecule has 0 radical (unpaired) electrons. The number of aliphatic hydroxyl groups excluding tert-OH is 1. The van der Waals surface area contributed by atoms with Crippen LogP contribution < -0.4 is 0 Å². The second-order valence-corrected chi connectivity index (χ2v) is 11.0. The number of hydrogen-bond donors (Lipinski definition) is 1. The van der Waals surface area contributed by atoms with Gasteiger partial charge in [0.2, 0.25) is 9.84 Å². The number of unbranched alkanes of at least 4 members (excludes halogenated alkanes) is 9. The van der Waals surface area contributed by atoms with Crippen LogP contribution >= 0.6 is 0 Å². The molecule has 0 aliphatic rings. The van der Waals surface area contributed by atoms with Gasteiger partial charge in [0, 0.05) is 6.61 Å².